The topological polar surface area (TPSA) is 68.5 Å². The summed E-state index contributed by atoms with van der Waals surface area (Å²) in [7, 11) is 0. The molecule has 0 saturated heterocycles. The van der Waals surface area contributed by atoms with E-state index in [0.29, 0.717) is 17.2 Å². The average molecular weight is 350 g/mol. The largest absolute Gasteiger partial charge is 0.339 e. The lowest BCUT2D eigenvalue weighted by atomic mass is 10.1. The molecule has 6 nitrogen and oxygen atoms in total. The zero-order valence-electron chi connectivity index (χ0n) is 13.3. The number of nitrogens with one attached hydrogen (secondary N) is 1. The lowest BCUT2D eigenvalue weighted by molar-refractivity contribution is 0.511. The monoisotopic (exact) mass is 350 g/mol. The first-order valence-electron chi connectivity index (χ1n) is 7.69. The van der Waals surface area contributed by atoms with Crippen molar-refractivity contribution in [2.45, 2.75) is 0 Å². The molecule has 8 heteroatoms. The van der Waals surface area contributed by atoms with Gasteiger partial charge in [0.1, 0.15) is 24.3 Å². The lowest BCUT2D eigenvalue weighted by Gasteiger charge is -2.08. The van der Waals surface area contributed by atoms with E-state index in [4.69, 9.17) is 0 Å². The van der Waals surface area contributed by atoms with Crippen LogP contribution in [0, 0.1) is 11.6 Å². The number of anilines is 2. The number of rotatable bonds is 4. The molecule has 0 aliphatic carbocycles. The molecule has 0 atom stereocenters. The molecule has 4 aromatic rings. The summed E-state index contributed by atoms with van der Waals surface area (Å²) in [6.07, 6.45) is 6.25. The van der Waals surface area contributed by atoms with Gasteiger partial charge in [-0.25, -0.2) is 18.7 Å². The Balaban J connectivity index is 1.52. The number of nitrogens with zero attached hydrogens (tertiary/aromatic N) is 5. The van der Waals surface area contributed by atoms with Crippen LogP contribution in [-0.2, 0) is 0 Å². The molecule has 1 N–H and O–H groups in total. The van der Waals surface area contributed by atoms with E-state index < -0.39 is 11.6 Å². The molecule has 0 saturated carbocycles. The third kappa shape index (κ3) is 3.12. The van der Waals surface area contributed by atoms with Gasteiger partial charge in [0.25, 0.3) is 0 Å². The summed E-state index contributed by atoms with van der Waals surface area (Å²) in [5, 5.41) is 10.6. The Labute approximate surface area is 147 Å². The molecule has 4 rings (SSSR count). The second-order valence-corrected chi connectivity index (χ2v) is 5.43. The van der Waals surface area contributed by atoms with Gasteiger partial charge in [-0.15, -0.1) is 10.2 Å². The van der Waals surface area contributed by atoms with Gasteiger partial charge >= 0.3 is 0 Å². The second kappa shape index (κ2) is 6.67. The minimum Gasteiger partial charge on any atom is -0.339 e. The van der Waals surface area contributed by atoms with Crippen molar-refractivity contribution in [3.8, 4) is 16.9 Å². The predicted molar refractivity (Wildman–Crippen MR) is 92.0 cm³/mol. The van der Waals surface area contributed by atoms with Crippen molar-refractivity contribution in [2.24, 2.45) is 0 Å². The van der Waals surface area contributed by atoms with E-state index in [1.165, 1.54) is 18.3 Å². The van der Waals surface area contributed by atoms with E-state index in [2.05, 4.69) is 25.5 Å². The van der Waals surface area contributed by atoms with Gasteiger partial charge in [0.2, 0.25) is 0 Å². The Morgan fingerprint density at radius 2 is 1.69 bits per heavy atom. The summed E-state index contributed by atoms with van der Waals surface area (Å²) in [5.74, 6) is -0.525. The first kappa shape index (κ1) is 15.8. The van der Waals surface area contributed by atoms with Gasteiger partial charge in [-0.3, -0.25) is 4.57 Å². The molecule has 3 aromatic heterocycles. The fourth-order valence-corrected chi connectivity index (χ4v) is 2.43. The summed E-state index contributed by atoms with van der Waals surface area (Å²) in [6.45, 7) is 0. The minimum absolute atomic E-state index is 0.170. The van der Waals surface area contributed by atoms with Crippen molar-refractivity contribution >= 4 is 11.5 Å². The number of halogens is 2. The highest BCUT2D eigenvalue weighted by atomic mass is 19.2. The predicted octanol–water partition coefficient (Wildman–Crippen LogP) is 3.75. The van der Waals surface area contributed by atoms with Gasteiger partial charge in [-0.1, -0.05) is 12.1 Å². The van der Waals surface area contributed by atoms with Crippen molar-refractivity contribution in [3.63, 3.8) is 0 Å². The Morgan fingerprint density at radius 1 is 0.846 bits per heavy atom. The van der Waals surface area contributed by atoms with Crippen LogP contribution in [-0.4, -0.2) is 24.7 Å². The molecule has 128 valence electrons. The molecule has 0 radical (unpaired) electrons. The maximum atomic E-state index is 13.9. The molecule has 1 aromatic carbocycles. The molecular weight excluding hydrogens is 338 g/mol. The average Bonchev–Trinajstić information content (AvgIpc) is 3.20. The van der Waals surface area contributed by atoms with E-state index in [1.807, 2.05) is 12.1 Å². The molecule has 0 unspecified atom stereocenters. The van der Waals surface area contributed by atoms with E-state index in [9.17, 15) is 8.78 Å². The first-order chi connectivity index (χ1) is 12.7. The number of pyridine rings is 2. The molecule has 0 bridgehead atoms. The van der Waals surface area contributed by atoms with Crippen molar-refractivity contribution in [2.75, 3.05) is 5.32 Å². The smallest absolute Gasteiger partial charge is 0.166 e. The van der Waals surface area contributed by atoms with Crippen molar-refractivity contribution < 1.29 is 8.78 Å². The fraction of sp³-hybridized carbons (Fsp3) is 0. The van der Waals surface area contributed by atoms with Crippen LogP contribution in [0.1, 0.15) is 0 Å². The standard InChI is InChI=1S/C18H12F2N6/c19-15-3-1-2-14(18(15)20)12-4-6-16(21-8-12)25-13-5-7-17(22-9-13)26-10-23-24-11-26/h1-11H,(H,21,25). The van der Waals surface area contributed by atoms with Crippen LogP contribution in [0.25, 0.3) is 16.9 Å². The summed E-state index contributed by atoms with van der Waals surface area (Å²) >= 11 is 0. The summed E-state index contributed by atoms with van der Waals surface area (Å²) in [6, 6.07) is 11.1. The number of aromatic nitrogens is 5. The third-order valence-electron chi connectivity index (χ3n) is 3.73. The SMILES string of the molecule is Fc1cccc(-c2ccc(Nc3ccc(-n4cnnc4)nc3)nc2)c1F. The van der Waals surface area contributed by atoms with Gasteiger partial charge < -0.3 is 5.32 Å². The van der Waals surface area contributed by atoms with Crippen molar-refractivity contribution in [1.82, 2.24) is 24.7 Å². The number of benzene rings is 1. The second-order valence-electron chi connectivity index (χ2n) is 5.43. The van der Waals surface area contributed by atoms with Crippen molar-refractivity contribution in [1.29, 1.82) is 0 Å². The van der Waals surface area contributed by atoms with Crippen molar-refractivity contribution in [3.05, 3.63) is 79.1 Å². The fourth-order valence-electron chi connectivity index (χ4n) is 2.43. The van der Waals surface area contributed by atoms with Gasteiger partial charge in [-0.2, -0.15) is 0 Å². The maximum Gasteiger partial charge on any atom is 0.166 e. The number of hydrogen-bond acceptors (Lipinski definition) is 5. The molecule has 0 aliphatic heterocycles. The van der Waals surface area contributed by atoms with Crippen LogP contribution in [0.4, 0.5) is 20.3 Å². The molecular formula is C18H12F2N6. The van der Waals surface area contributed by atoms with Gasteiger partial charge in [0, 0.05) is 17.3 Å². The van der Waals surface area contributed by atoms with Crippen LogP contribution < -0.4 is 5.32 Å². The zero-order valence-corrected chi connectivity index (χ0v) is 13.3. The molecule has 26 heavy (non-hydrogen) atoms. The summed E-state index contributed by atoms with van der Waals surface area (Å²) in [5.41, 5.74) is 1.40. The van der Waals surface area contributed by atoms with E-state index in [-0.39, 0.29) is 5.56 Å². The Hall–Kier alpha value is -3.68. The van der Waals surface area contributed by atoms with Gasteiger partial charge in [-0.05, 0) is 30.3 Å². The van der Waals surface area contributed by atoms with Gasteiger partial charge in [0.15, 0.2) is 11.6 Å². The maximum absolute atomic E-state index is 13.9. The zero-order chi connectivity index (χ0) is 17.9. The molecule has 3 heterocycles. The third-order valence-corrected chi connectivity index (χ3v) is 3.73. The van der Waals surface area contributed by atoms with Crippen LogP contribution in [0.5, 0.6) is 0 Å². The summed E-state index contributed by atoms with van der Waals surface area (Å²) < 4.78 is 28.9. The van der Waals surface area contributed by atoms with E-state index in [0.717, 1.165) is 11.8 Å². The Kier molecular flexibility index (Phi) is 4.06. The minimum atomic E-state index is -0.885. The van der Waals surface area contributed by atoms with Crippen LogP contribution in [0.15, 0.2) is 67.5 Å². The van der Waals surface area contributed by atoms with Crippen LogP contribution in [0.2, 0.25) is 0 Å². The highest BCUT2D eigenvalue weighted by molar-refractivity contribution is 5.66. The normalized spacial score (nSPS) is 10.7. The Bertz CT molecular complexity index is 1010. The first-order valence-corrected chi connectivity index (χ1v) is 7.69. The van der Waals surface area contributed by atoms with E-state index in [1.54, 1.807) is 35.6 Å². The Morgan fingerprint density at radius 3 is 2.38 bits per heavy atom. The lowest BCUT2D eigenvalue weighted by Crippen LogP contribution is -1.98. The van der Waals surface area contributed by atoms with E-state index >= 15 is 0 Å². The summed E-state index contributed by atoms with van der Waals surface area (Å²) in [4.78, 5) is 8.55. The highest BCUT2D eigenvalue weighted by Gasteiger charge is 2.10. The highest BCUT2D eigenvalue weighted by Crippen LogP contribution is 2.25. The molecule has 0 aliphatic rings. The van der Waals surface area contributed by atoms with Crippen LogP contribution in [0.3, 0.4) is 0 Å². The molecule has 0 spiro atoms. The quantitative estimate of drug-likeness (QED) is 0.607. The van der Waals surface area contributed by atoms with Crippen LogP contribution >= 0.6 is 0 Å². The number of hydrogen-bond donors (Lipinski definition) is 1. The molecule has 0 fully saturated rings. The van der Waals surface area contributed by atoms with Gasteiger partial charge in [0.05, 0.1) is 11.9 Å². The molecule has 0 amide bonds.